The van der Waals surface area contributed by atoms with Gasteiger partial charge in [-0.15, -0.1) is 5.10 Å². The van der Waals surface area contributed by atoms with E-state index >= 15 is 0 Å². The number of ketones is 1. The maximum atomic E-state index is 11.5. The Hall–Kier alpha value is -1.23. The predicted octanol–water partition coefficient (Wildman–Crippen LogP) is 0.763. The summed E-state index contributed by atoms with van der Waals surface area (Å²) in [6.07, 6.45) is 1.48. The second-order valence-electron chi connectivity index (χ2n) is 3.55. The summed E-state index contributed by atoms with van der Waals surface area (Å²) in [6, 6.07) is 0. The molecule has 5 nitrogen and oxygen atoms in total. The number of ether oxygens (including phenoxy) is 1. The van der Waals surface area contributed by atoms with Crippen molar-refractivity contribution < 1.29 is 9.53 Å². The smallest absolute Gasteiger partial charge is 0.208 e. The van der Waals surface area contributed by atoms with Crippen LogP contribution in [0, 0.1) is 5.92 Å². The second kappa shape index (κ2) is 4.85. The van der Waals surface area contributed by atoms with Gasteiger partial charge in [-0.25, -0.2) is 4.68 Å². The standard InChI is InChI=1S/C9H15N3O2/c1-7(2)5-12-8(4-10-11-12)9(13)6-14-3/h4,7H,5-6H2,1-3H3. The summed E-state index contributed by atoms with van der Waals surface area (Å²) >= 11 is 0. The molecule has 1 heterocycles. The van der Waals surface area contributed by atoms with E-state index in [-0.39, 0.29) is 12.4 Å². The summed E-state index contributed by atoms with van der Waals surface area (Å²) in [7, 11) is 1.49. The molecule has 0 spiro atoms. The van der Waals surface area contributed by atoms with E-state index in [0.717, 1.165) is 0 Å². The van der Waals surface area contributed by atoms with Crippen molar-refractivity contribution in [2.45, 2.75) is 20.4 Å². The van der Waals surface area contributed by atoms with Crippen molar-refractivity contribution in [1.82, 2.24) is 15.0 Å². The molecule has 1 aromatic rings. The predicted molar refractivity (Wildman–Crippen MR) is 51.1 cm³/mol. The number of hydrogen-bond donors (Lipinski definition) is 0. The van der Waals surface area contributed by atoms with E-state index in [0.29, 0.717) is 18.2 Å². The highest BCUT2D eigenvalue weighted by molar-refractivity contribution is 5.95. The van der Waals surface area contributed by atoms with Gasteiger partial charge in [0.2, 0.25) is 5.78 Å². The Labute approximate surface area is 83.1 Å². The quantitative estimate of drug-likeness (QED) is 0.654. The zero-order chi connectivity index (χ0) is 10.6. The van der Waals surface area contributed by atoms with Crippen molar-refractivity contribution in [1.29, 1.82) is 0 Å². The molecule has 0 aliphatic rings. The molecule has 1 aromatic heterocycles. The van der Waals surface area contributed by atoms with E-state index < -0.39 is 0 Å². The topological polar surface area (TPSA) is 57.0 Å². The van der Waals surface area contributed by atoms with Crippen LogP contribution in [0.5, 0.6) is 0 Å². The van der Waals surface area contributed by atoms with Crippen LogP contribution in [0.15, 0.2) is 6.20 Å². The van der Waals surface area contributed by atoms with Crippen LogP contribution >= 0.6 is 0 Å². The van der Waals surface area contributed by atoms with Gasteiger partial charge in [-0.2, -0.15) is 0 Å². The molecule has 0 radical (unpaired) electrons. The molecule has 0 bridgehead atoms. The maximum absolute atomic E-state index is 11.5. The summed E-state index contributed by atoms with van der Waals surface area (Å²) < 4.78 is 6.39. The highest BCUT2D eigenvalue weighted by Crippen LogP contribution is 2.03. The van der Waals surface area contributed by atoms with Gasteiger partial charge in [-0.3, -0.25) is 4.79 Å². The third-order valence-corrected chi connectivity index (χ3v) is 1.72. The molecule has 0 aliphatic heterocycles. The zero-order valence-electron chi connectivity index (χ0n) is 8.73. The molecule has 0 saturated heterocycles. The highest BCUT2D eigenvalue weighted by Gasteiger charge is 2.13. The Kier molecular flexibility index (Phi) is 3.76. The number of Topliss-reactive ketones (excluding diaryl/α,β-unsaturated/α-hetero) is 1. The minimum Gasteiger partial charge on any atom is -0.376 e. The van der Waals surface area contributed by atoms with E-state index in [9.17, 15) is 4.79 Å². The van der Waals surface area contributed by atoms with E-state index in [4.69, 9.17) is 4.74 Å². The Morgan fingerprint density at radius 1 is 1.64 bits per heavy atom. The normalized spacial score (nSPS) is 10.9. The van der Waals surface area contributed by atoms with Crippen molar-refractivity contribution in [2.24, 2.45) is 5.92 Å². The Morgan fingerprint density at radius 3 is 2.93 bits per heavy atom. The van der Waals surface area contributed by atoms with Gasteiger partial charge in [0, 0.05) is 13.7 Å². The number of carbonyl (C=O) groups is 1. The first-order valence-electron chi connectivity index (χ1n) is 4.55. The van der Waals surface area contributed by atoms with Crippen molar-refractivity contribution in [2.75, 3.05) is 13.7 Å². The average molecular weight is 197 g/mol. The van der Waals surface area contributed by atoms with Crippen LogP contribution < -0.4 is 0 Å². The summed E-state index contributed by atoms with van der Waals surface area (Å²) in [5.41, 5.74) is 0.514. The van der Waals surface area contributed by atoms with Crippen LogP contribution in [0.2, 0.25) is 0 Å². The number of carbonyl (C=O) groups excluding carboxylic acids is 1. The fourth-order valence-electron chi connectivity index (χ4n) is 1.16. The minimum absolute atomic E-state index is 0.0749. The third kappa shape index (κ3) is 2.63. The van der Waals surface area contributed by atoms with Gasteiger partial charge >= 0.3 is 0 Å². The lowest BCUT2D eigenvalue weighted by Crippen LogP contribution is -2.16. The molecule has 0 N–H and O–H groups in total. The van der Waals surface area contributed by atoms with Crippen molar-refractivity contribution >= 4 is 5.78 Å². The van der Waals surface area contributed by atoms with Crippen molar-refractivity contribution in [3.63, 3.8) is 0 Å². The SMILES string of the molecule is COCC(=O)c1cnnn1CC(C)C. The molecule has 0 amide bonds. The fraction of sp³-hybridized carbons (Fsp3) is 0.667. The zero-order valence-corrected chi connectivity index (χ0v) is 8.73. The molecular formula is C9H15N3O2. The Morgan fingerprint density at radius 2 is 2.36 bits per heavy atom. The van der Waals surface area contributed by atoms with E-state index in [1.807, 2.05) is 0 Å². The first-order chi connectivity index (χ1) is 6.65. The fourth-order valence-corrected chi connectivity index (χ4v) is 1.16. The molecule has 0 unspecified atom stereocenters. The van der Waals surface area contributed by atoms with Crippen LogP contribution in [0.1, 0.15) is 24.3 Å². The lowest BCUT2D eigenvalue weighted by atomic mass is 10.2. The van der Waals surface area contributed by atoms with Crippen LogP contribution in [-0.2, 0) is 11.3 Å². The molecule has 14 heavy (non-hydrogen) atoms. The molecule has 0 aromatic carbocycles. The monoisotopic (exact) mass is 197 g/mol. The van der Waals surface area contributed by atoms with Crippen molar-refractivity contribution in [3.8, 4) is 0 Å². The van der Waals surface area contributed by atoms with Crippen LogP contribution in [0.25, 0.3) is 0 Å². The number of rotatable bonds is 5. The van der Waals surface area contributed by atoms with Gasteiger partial charge in [-0.05, 0) is 5.92 Å². The summed E-state index contributed by atoms with van der Waals surface area (Å²) in [6.45, 7) is 4.90. The Balaban J connectivity index is 2.76. The summed E-state index contributed by atoms with van der Waals surface area (Å²) in [5, 5.41) is 7.57. The number of aromatic nitrogens is 3. The summed E-state index contributed by atoms with van der Waals surface area (Å²) in [4.78, 5) is 11.5. The maximum Gasteiger partial charge on any atom is 0.208 e. The average Bonchev–Trinajstić information content (AvgIpc) is 2.51. The van der Waals surface area contributed by atoms with Gasteiger partial charge in [0.1, 0.15) is 12.3 Å². The lowest BCUT2D eigenvalue weighted by Gasteiger charge is -2.06. The van der Waals surface area contributed by atoms with E-state index in [2.05, 4.69) is 24.2 Å². The van der Waals surface area contributed by atoms with Gasteiger partial charge < -0.3 is 4.74 Å². The van der Waals surface area contributed by atoms with E-state index in [1.165, 1.54) is 13.3 Å². The first kappa shape index (κ1) is 10.8. The number of nitrogens with zero attached hydrogens (tertiary/aromatic N) is 3. The van der Waals surface area contributed by atoms with Gasteiger partial charge in [0.15, 0.2) is 0 Å². The van der Waals surface area contributed by atoms with Crippen LogP contribution in [0.3, 0.4) is 0 Å². The molecule has 0 fully saturated rings. The number of methoxy groups -OCH3 is 1. The highest BCUT2D eigenvalue weighted by atomic mass is 16.5. The molecule has 78 valence electrons. The molecule has 5 heteroatoms. The number of hydrogen-bond acceptors (Lipinski definition) is 4. The molecule has 0 aliphatic carbocycles. The lowest BCUT2D eigenvalue weighted by molar-refractivity contribution is 0.0836. The summed E-state index contributed by atoms with van der Waals surface area (Å²) in [5.74, 6) is 0.351. The molecule has 0 saturated carbocycles. The second-order valence-corrected chi connectivity index (χ2v) is 3.55. The molecular weight excluding hydrogens is 182 g/mol. The molecule has 1 rings (SSSR count). The van der Waals surface area contributed by atoms with Crippen LogP contribution in [-0.4, -0.2) is 34.5 Å². The minimum atomic E-state index is -0.0850. The van der Waals surface area contributed by atoms with E-state index in [1.54, 1.807) is 4.68 Å². The van der Waals surface area contributed by atoms with Crippen LogP contribution in [0.4, 0.5) is 0 Å². The van der Waals surface area contributed by atoms with Gasteiger partial charge in [0.25, 0.3) is 0 Å². The largest absolute Gasteiger partial charge is 0.376 e. The third-order valence-electron chi connectivity index (χ3n) is 1.72. The first-order valence-corrected chi connectivity index (χ1v) is 4.55. The Bertz CT molecular complexity index is 307. The van der Waals surface area contributed by atoms with Gasteiger partial charge in [-0.1, -0.05) is 19.1 Å². The van der Waals surface area contributed by atoms with Crippen molar-refractivity contribution in [3.05, 3.63) is 11.9 Å². The van der Waals surface area contributed by atoms with Gasteiger partial charge in [0.05, 0.1) is 6.20 Å². The molecule has 0 atom stereocenters.